The maximum Gasteiger partial charge on any atom is 0.338 e. The quantitative estimate of drug-likeness (QED) is 0.663. The number of nitrogens with two attached hydrogens (primary N) is 1. The lowest BCUT2D eigenvalue weighted by Gasteiger charge is -2.11. The van der Waals surface area contributed by atoms with Crippen LogP contribution >= 0.6 is 11.6 Å². The molecule has 5 heteroatoms. The summed E-state index contributed by atoms with van der Waals surface area (Å²) in [4.78, 5) is 11.6. The average Bonchev–Trinajstić information content (AvgIpc) is 2.41. The summed E-state index contributed by atoms with van der Waals surface area (Å²) in [7, 11) is 0. The van der Waals surface area contributed by atoms with Crippen LogP contribution in [0.15, 0.2) is 42.5 Å². The lowest BCUT2D eigenvalue weighted by molar-refractivity contribution is 0.0526. The highest BCUT2D eigenvalue weighted by molar-refractivity contribution is 6.30. The first-order chi connectivity index (χ1) is 9.60. The Morgan fingerprint density at radius 1 is 1.30 bits per heavy atom. The smallest absolute Gasteiger partial charge is 0.338 e. The summed E-state index contributed by atoms with van der Waals surface area (Å²) in [5, 5.41) is 3.79. The summed E-state index contributed by atoms with van der Waals surface area (Å²) in [6.45, 7) is 2.09. The van der Waals surface area contributed by atoms with E-state index in [4.69, 9.17) is 22.1 Å². The number of anilines is 3. The Bertz CT molecular complexity index is 629. The molecule has 3 N–H and O–H groups in total. The second-order valence-corrected chi connectivity index (χ2v) is 4.59. The van der Waals surface area contributed by atoms with E-state index in [9.17, 15) is 4.79 Å². The van der Waals surface area contributed by atoms with Gasteiger partial charge in [0.2, 0.25) is 0 Å². The molecule has 0 bridgehead atoms. The molecule has 0 radical (unpaired) electrons. The van der Waals surface area contributed by atoms with Crippen LogP contribution in [0, 0.1) is 0 Å². The number of carbonyl (C=O) groups excluding carboxylic acids is 1. The third-order valence-corrected chi connectivity index (χ3v) is 2.90. The van der Waals surface area contributed by atoms with E-state index in [0.29, 0.717) is 28.6 Å². The van der Waals surface area contributed by atoms with Crippen LogP contribution < -0.4 is 11.1 Å². The SMILES string of the molecule is CCOC(=O)c1ccc(Nc2cccc(Cl)c2)c(N)c1. The molecule has 2 aromatic carbocycles. The predicted octanol–water partition coefficient (Wildman–Crippen LogP) is 3.84. The molecule has 0 aliphatic carbocycles. The third kappa shape index (κ3) is 3.42. The Morgan fingerprint density at radius 2 is 2.10 bits per heavy atom. The summed E-state index contributed by atoms with van der Waals surface area (Å²) in [6.07, 6.45) is 0. The number of carbonyl (C=O) groups is 1. The lowest BCUT2D eigenvalue weighted by Crippen LogP contribution is -2.06. The van der Waals surface area contributed by atoms with Gasteiger partial charge < -0.3 is 15.8 Å². The fourth-order valence-corrected chi connectivity index (χ4v) is 1.93. The second-order valence-electron chi connectivity index (χ2n) is 4.16. The Hall–Kier alpha value is -2.20. The van der Waals surface area contributed by atoms with Gasteiger partial charge in [-0.1, -0.05) is 17.7 Å². The van der Waals surface area contributed by atoms with E-state index in [1.165, 1.54) is 0 Å². The zero-order valence-corrected chi connectivity index (χ0v) is 11.8. The zero-order valence-electron chi connectivity index (χ0n) is 11.0. The van der Waals surface area contributed by atoms with Crippen molar-refractivity contribution in [1.82, 2.24) is 0 Å². The molecule has 0 saturated carbocycles. The van der Waals surface area contributed by atoms with Gasteiger partial charge in [-0.25, -0.2) is 4.79 Å². The molecule has 0 aliphatic rings. The van der Waals surface area contributed by atoms with Gasteiger partial charge in [-0.05, 0) is 43.3 Å². The van der Waals surface area contributed by atoms with Gasteiger partial charge in [-0.2, -0.15) is 0 Å². The Kier molecular flexibility index (Phi) is 4.48. The van der Waals surface area contributed by atoms with Gasteiger partial charge in [-0.3, -0.25) is 0 Å². The van der Waals surface area contributed by atoms with E-state index in [-0.39, 0.29) is 5.97 Å². The number of nitrogen functional groups attached to an aromatic ring is 1. The molecule has 0 aliphatic heterocycles. The van der Waals surface area contributed by atoms with Crippen LogP contribution in [0.4, 0.5) is 17.1 Å². The van der Waals surface area contributed by atoms with Crippen LogP contribution in [-0.2, 0) is 4.74 Å². The van der Waals surface area contributed by atoms with Crippen molar-refractivity contribution in [3.8, 4) is 0 Å². The van der Waals surface area contributed by atoms with Gasteiger partial charge in [-0.15, -0.1) is 0 Å². The van der Waals surface area contributed by atoms with Gasteiger partial charge in [0.1, 0.15) is 0 Å². The summed E-state index contributed by atoms with van der Waals surface area (Å²) in [6, 6.07) is 12.3. The van der Waals surface area contributed by atoms with Crippen molar-refractivity contribution < 1.29 is 9.53 Å². The topological polar surface area (TPSA) is 64.3 Å². The van der Waals surface area contributed by atoms with Crippen molar-refractivity contribution >= 4 is 34.6 Å². The van der Waals surface area contributed by atoms with Gasteiger partial charge in [0.05, 0.1) is 23.5 Å². The van der Waals surface area contributed by atoms with Crippen molar-refractivity contribution in [2.75, 3.05) is 17.7 Å². The first-order valence-corrected chi connectivity index (χ1v) is 6.57. The van der Waals surface area contributed by atoms with Gasteiger partial charge in [0.25, 0.3) is 0 Å². The van der Waals surface area contributed by atoms with Crippen LogP contribution in [0.1, 0.15) is 17.3 Å². The molecule has 0 fully saturated rings. The van der Waals surface area contributed by atoms with Crippen molar-refractivity contribution in [3.05, 3.63) is 53.1 Å². The highest BCUT2D eigenvalue weighted by atomic mass is 35.5. The van der Waals surface area contributed by atoms with E-state index in [2.05, 4.69) is 5.32 Å². The molecule has 0 atom stereocenters. The second kappa shape index (κ2) is 6.30. The van der Waals surface area contributed by atoms with E-state index >= 15 is 0 Å². The molecule has 20 heavy (non-hydrogen) atoms. The minimum absolute atomic E-state index is 0.335. The maximum absolute atomic E-state index is 11.6. The van der Waals surface area contributed by atoms with Crippen LogP contribution in [0.3, 0.4) is 0 Å². The largest absolute Gasteiger partial charge is 0.462 e. The summed E-state index contributed by atoms with van der Waals surface area (Å²) < 4.78 is 4.92. The number of nitrogens with one attached hydrogen (secondary N) is 1. The number of benzene rings is 2. The Balaban J connectivity index is 2.20. The average molecular weight is 291 g/mol. The van der Waals surface area contributed by atoms with Gasteiger partial charge in [0, 0.05) is 10.7 Å². The lowest BCUT2D eigenvalue weighted by atomic mass is 10.1. The number of esters is 1. The first kappa shape index (κ1) is 14.2. The van der Waals surface area contributed by atoms with Crippen molar-refractivity contribution in [3.63, 3.8) is 0 Å². The standard InChI is InChI=1S/C15H15ClN2O2/c1-2-20-15(19)10-6-7-14(13(17)8-10)18-12-5-3-4-11(16)9-12/h3-9,18H,2,17H2,1H3. The van der Waals surface area contributed by atoms with E-state index in [1.54, 1.807) is 37.3 Å². The van der Waals surface area contributed by atoms with Crippen molar-refractivity contribution in [2.24, 2.45) is 0 Å². The maximum atomic E-state index is 11.6. The summed E-state index contributed by atoms with van der Waals surface area (Å²) in [5.41, 5.74) is 8.37. The Labute approximate surface area is 122 Å². The van der Waals surface area contributed by atoms with Gasteiger partial charge in [0.15, 0.2) is 0 Å². The number of halogens is 1. The molecular weight excluding hydrogens is 276 g/mol. The minimum Gasteiger partial charge on any atom is -0.462 e. The molecule has 104 valence electrons. The molecule has 0 heterocycles. The van der Waals surface area contributed by atoms with E-state index in [0.717, 1.165) is 5.69 Å². The van der Waals surface area contributed by atoms with Crippen LogP contribution in [0.2, 0.25) is 5.02 Å². The molecule has 2 aromatic rings. The molecule has 2 rings (SSSR count). The van der Waals surface area contributed by atoms with E-state index in [1.807, 2.05) is 12.1 Å². The highest BCUT2D eigenvalue weighted by Gasteiger charge is 2.09. The minimum atomic E-state index is -0.381. The molecule has 4 nitrogen and oxygen atoms in total. The predicted molar refractivity (Wildman–Crippen MR) is 81.5 cm³/mol. The van der Waals surface area contributed by atoms with Gasteiger partial charge >= 0.3 is 5.97 Å². The number of hydrogen-bond donors (Lipinski definition) is 2. The van der Waals surface area contributed by atoms with Crippen LogP contribution in [-0.4, -0.2) is 12.6 Å². The molecule has 0 unspecified atom stereocenters. The Morgan fingerprint density at radius 3 is 2.75 bits per heavy atom. The molecule has 0 aromatic heterocycles. The summed E-state index contributed by atoms with van der Waals surface area (Å²) >= 11 is 5.92. The summed E-state index contributed by atoms with van der Waals surface area (Å²) in [5.74, 6) is -0.381. The molecular formula is C15H15ClN2O2. The number of ether oxygens (including phenoxy) is 1. The zero-order chi connectivity index (χ0) is 14.5. The van der Waals surface area contributed by atoms with Crippen LogP contribution in [0.5, 0.6) is 0 Å². The fourth-order valence-electron chi connectivity index (χ4n) is 1.74. The number of hydrogen-bond acceptors (Lipinski definition) is 4. The van der Waals surface area contributed by atoms with E-state index < -0.39 is 0 Å². The molecule has 0 amide bonds. The molecule has 0 saturated heterocycles. The number of rotatable bonds is 4. The van der Waals surface area contributed by atoms with Crippen LogP contribution in [0.25, 0.3) is 0 Å². The first-order valence-electron chi connectivity index (χ1n) is 6.19. The highest BCUT2D eigenvalue weighted by Crippen LogP contribution is 2.25. The molecule has 0 spiro atoms. The van der Waals surface area contributed by atoms with Crippen molar-refractivity contribution in [2.45, 2.75) is 6.92 Å². The van der Waals surface area contributed by atoms with Crippen molar-refractivity contribution in [1.29, 1.82) is 0 Å². The fraction of sp³-hybridized carbons (Fsp3) is 0.133. The third-order valence-electron chi connectivity index (χ3n) is 2.67. The normalized spacial score (nSPS) is 10.1. The monoisotopic (exact) mass is 290 g/mol.